The van der Waals surface area contributed by atoms with Gasteiger partial charge in [0.2, 0.25) is 0 Å². The summed E-state index contributed by atoms with van der Waals surface area (Å²) in [6.45, 7) is 0.420. The number of nitrogens with one attached hydrogen (secondary N) is 2. The van der Waals surface area contributed by atoms with Gasteiger partial charge in [-0.1, -0.05) is 60.7 Å². The number of hydrogen-bond acceptors (Lipinski definition) is 2. The van der Waals surface area contributed by atoms with Gasteiger partial charge in [0.25, 0.3) is 11.8 Å². The summed E-state index contributed by atoms with van der Waals surface area (Å²) in [6.07, 6.45) is 2.86. The third-order valence-corrected chi connectivity index (χ3v) is 5.08. The number of carbonyl (C=O) groups is 2. The molecule has 1 fully saturated rings. The van der Waals surface area contributed by atoms with Crippen LogP contribution >= 0.6 is 0 Å². The van der Waals surface area contributed by atoms with Gasteiger partial charge in [0.1, 0.15) is 0 Å². The van der Waals surface area contributed by atoms with Crippen molar-refractivity contribution in [2.24, 2.45) is 0 Å². The molecular formula is C25H24N2O2. The molecule has 4 heteroatoms. The fraction of sp³-hybridized carbons (Fsp3) is 0.200. The smallest absolute Gasteiger partial charge is 0.251 e. The molecule has 1 aliphatic rings. The molecule has 0 radical (unpaired) electrons. The van der Waals surface area contributed by atoms with Gasteiger partial charge in [-0.05, 0) is 54.2 Å². The Hall–Kier alpha value is -3.40. The minimum absolute atomic E-state index is 0.0297. The summed E-state index contributed by atoms with van der Waals surface area (Å²) < 4.78 is 0. The molecule has 0 bridgehead atoms. The SMILES string of the molecule is O=C(NC1CC1)c1ccc(CNC(=O)c2ccccc2Cc2ccccc2)cc1. The largest absolute Gasteiger partial charge is 0.349 e. The van der Waals surface area contributed by atoms with Crippen LogP contribution in [0.2, 0.25) is 0 Å². The van der Waals surface area contributed by atoms with Gasteiger partial charge in [-0.15, -0.1) is 0 Å². The normalized spacial score (nSPS) is 13.0. The number of amides is 2. The lowest BCUT2D eigenvalue weighted by molar-refractivity contribution is 0.0941. The summed E-state index contributed by atoms with van der Waals surface area (Å²) in [5.74, 6) is -0.120. The summed E-state index contributed by atoms with van der Waals surface area (Å²) in [7, 11) is 0. The molecule has 0 atom stereocenters. The maximum atomic E-state index is 12.8. The van der Waals surface area contributed by atoms with Crippen molar-refractivity contribution >= 4 is 11.8 Å². The van der Waals surface area contributed by atoms with Crippen LogP contribution < -0.4 is 10.6 Å². The second-order valence-electron chi connectivity index (χ2n) is 7.45. The average Bonchev–Trinajstić information content (AvgIpc) is 3.57. The molecule has 1 saturated carbocycles. The van der Waals surface area contributed by atoms with Crippen molar-refractivity contribution in [1.29, 1.82) is 0 Å². The van der Waals surface area contributed by atoms with E-state index in [-0.39, 0.29) is 11.8 Å². The monoisotopic (exact) mass is 384 g/mol. The third kappa shape index (κ3) is 5.11. The first kappa shape index (κ1) is 18.9. The van der Waals surface area contributed by atoms with Gasteiger partial charge in [0.15, 0.2) is 0 Å². The maximum Gasteiger partial charge on any atom is 0.251 e. The van der Waals surface area contributed by atoms with E-state index in [1.807, 2.05) is 66.7 Å². The van der Waals surface area contributed by atoms with Crippen LogP contribution in [0.25, 0.3) is 0 Å². The molecular weight excluding hydrogens is 360 g/mol. The first-order valence-electron chi connectivity index (χ1n) is 9.99. The van der Waals surface area contributed by atoms with E-state index in [4.69, 9.17) is 0 Å². The Morgan fingerprint density at radius 3 is 2.17 bits per heavy atom. The summed E-state index contributed by atoms with van der Waals surface area (Å²) >= 11 is 0. The molecule has 0 aliphatic heterocycles. The van der Waals surface area contributed by atoms with Crippen molar-refractivity contribution in [2.45, 2.75) is 31.8 Å². The molecule has 0 saturated heterocycles. The molecule has 0 heterocycles. The van der Waals surface area contributed by atoms with Crippen LogP contribution in [0.15, 0.2) is 78.9 Å². The Kier molecular flexibility index (Phi) is 5.71. The second-order valence-corrected chi connectivity index (χ2v) is 7.45. The number of carbonyl (C=O) groups excluding carboxylic acids is 2. The van der Waals surface area contributed by atoms with Crippen LogP contribution in [-0.4, -0.2) is 17.9 Å². The fourth-order valence-electron chi connectivity index (χ4n) is 3.26. The molecule has 2 N–H and O–H groups in total. The van der Waals surface area contributed by atoms with Crippen LogP contribution in [0, 0.1) is 0 Å². The summed E-state index contributed by atoms with van der Waals surface area (Å²) in [6, 6.07) is 25.6. The maximum absolute atomic E-state index is 12.8. The van der Waals surface area contributed by atoms with Crippen molar-refractivity contribution in [3.63, 3.8) is 0 Å². The molecule has 3 aromatic carbocycles. The van der Waals surface area contributed by atoms with Crippen molar-refractivity contribution in [1.82, 2.24) is 10.6 Å². The molecule has 29 heavy (non-hydrogen) atoms. The molecule has 1 aliphatic carbocycles. The van der Waals surface area contributed by atoms with Gasteiger partial charge in [-0.2, -0.15) is 0 Å². The zero-order valence-electron chi connectivity index (χ0n) is 16.2. The summed E-state index contributed by atoms with van der Waals surface area (Å²) in [5.41, 5.74) is 4.48. The van der Waals surface area contributed by atoms with Crippen LogP contribution in [0.5, 0.6) is 0 Å². The molecule has 4 rings (SSSR count). The van der Waals surface area contributed by atoms with Gasteiger partial charge < -0.3 is 10.6 Å². The fourth-order valence-corrected chi connectivity index (χ4v) is 3.26. The third-order valence-electron chi connectivity index (χ3n) is 5.08. The van der Waals surface area contributed by atoms with E-state index >= 15 is 0 Å². The summed E-state index contributed by atoms with van der Waals surface area (Å²) in [5, 5.41) is 5.97. The van der Waals surface area contributed by atoms with Gasteiger partial charge in [0, 0.05) is 23.7 Å². The van der Waals surface area contributed by atoms with Gasteiger partial charge in [-0.25, -0.2) is 0 Å². The first-order valence-corrected chi connectivity index (χ1v) is 9.99. The first-order chi connectivity index (χ1) is 14.2. The topological polar surface area (TPSA) is 58.2 Å². The molecule has 3 aromatic rings. The highest BCUT2D eigenvalue weighted by Gasteiger charge is 2.23. The van der Waals surface area contributed by atoms with Crippen molar-refractivity contribution < 1.29 is 9.59 Å². The predicted octanol–water partition coefficient (Wildman–Crippen LogP) is 4.10. The quantitative estimate of drug-likeness (QED) is 0.644. The second kappa shape index (κ2) is 8.74. The van der Waals surface area contributed by atoms with E-state index in [0.717, 1.165) is 30.4 Å². The average molecular weight is 384 g/mol. The van der Waals surface area contributed by atoms with Crippen LogP contribution in [0.3, 0.4) is 0 Å². The highest BCUT2D eigenvalue weighted by molar-refractivity contribution is 5.96. The Morgan fingerprint density at radius 2 is 1.45 bits per heavy atom. The lowest BCUT2D eigenvalue weighted by Gasteiger charge is -2.11. The van der Waals surface area contributed by atoms with Crippen LogP contribution in [-0.2, 0) is 13.0 Å². The van der Waals surface area contributed by atoms with E-state index in [2.05, 4.69) is 22.8 Å². The highest BCUT2D eigenvalue weighted by Crippen LogP contribution is 2.19. The number of hydrogen-bond donors (Lipinski definition) is 2. The minimum Gasteiger partial charge on any atom is -0.349 e. The van der Waals surface area contributed by atoms with Gasteiger partial charge in [-0.3, -0.25) is 9.59 Å². The van der Waals surface area contributed by atoms with Crippen LogP contribution in [0.1, 0.15) is 50.2 Å². The van der Waals surface area contributed by atoms with Crippen LogP contribution in [0.4, 0.5) is 0 Å². The molecule has 0 aromatic heterocycles. The Bertz CT molecular complexity index is 993. The summed E-state index contributed by atoms with van der Waals surface area (Å²) in [4.78, 5) is 24.8. The lowest BCUT2D eigenvalue weighted by Crippen LogP contribution is -2.25. The van der Waals surface area contributed by atoms with Crippen molar-refractivity contribution in [3.8, 4) is 0 Å². The molecule has 0 unspecified atom stereocenters. The van der Waals surface area contributed by atoms with E-state index in [1.165, 1.54) is 5.56 Å². The molecule has 4 nitrogen and oxygen atoms in total. The number of rotatable bonds is 7. The minimum atomic E-state index is -0.0907. The molecule has 0 spiro atoms. The predicted molar refractivity (Wildman–Crippen MR) is 114 cm³/mol. The van der Waals surface area contributed by atoms with E-state index in [0.29, 0.717) is 23.7 Å². The zero-order valence-corrected chi connectivity index (χ0v) is 16.2. The van der Waals surface area contributed by atoms with E-state index in [9.17, 15) is 9.59 Å². The van der Waals surface area contributed by atoms with Gasteiger partial charge >= 0.3 is 0 Å². The van der Waals surface area contributed by atoms with E-state index in [1.54, 1.807) is 0 Å². The van der Waals surface area contributed by atoms with Gasteiger partial charge in [0.05, 0.1) is 0 Å². The number of benzene rings is 3. The van der Waals surface area contributed by atoms with Crippen molar-refractivity contribution in [3.05, 3.63) is 107 Å². The highest BCUT2D eigenvalue weighted by atomic mass is 16.2. The Labute approximate surface area is 171 Å². The Balaban J connectivity index is 1.38. The van der Waals surface area contributed by atoms with Crippen molar-refractivity contribution in [2.75, 3.05) is 0 Å². The lowest BCUT2D eigenvalue weighted by atomic mass is 9.99. The zero-order chi connectivity index (χ0) is 20.1. The van der Waals surface area contributed by atoms with E-state index < -0.39 is 0 Å². The standard InChI is InChI=1S/C25H24N2O2/c28-24(27-22-14-15-22)20-12-10-19(11-13-20)17-26-25(29)23-9-5-4-8-21(23)16-18-6-2-1-3-7-18/h1-13,22H,14-17H2,(H,26,29)(H,27,28). The Morgan fingerprint density at radius 1 is 0.759 bits per heavy atom. The molecule has 146 valence electrons. The molecule has 2 amide bonds.